The van der Waals surface area contributed by atoms with Crippen molar-refractivity contribution in [3.05, 3.63) is 58.9 Å². The Morgan fingerprint density at radius 1 is 1.24 bits per heavy atom. The van der Waals surface area contributed by atoms with Crippen molar-refractivity contribution in [1.29, 1.82) is 0 Å². The molecule has 134 valence electrons. The standard InChI is InChI=1S/C16H16ClFN2O4S/c1-25(22,23)20-12-4-2-3-11(7-12)9-19-16(21)10-24-13-5-6-15(18)14(17)8-13/h2-8,20H,9-10H2,1H3,(H,19,21). The van der Waals surface area contributed by atoms with E-state index >= 15 is 0 Å². The molecule has 0 saturated heterocycles. The number of amides is 1. The van der Waals surface area contributed by atoms with Gasteiger partial charge in [0.25, 0.3) is 5.91 Å². The van der Waals surface area contributed by atoms with Gasteiger partial charge < -0.3 is 10.1 Å². The SMILES string of the molecule is CS(=O)(=O)Nc1cccc(CNC(=O)COc2ccc(F)c(Cl)c2)c1. The third-order valence-electron chi connectivity index (χ3n) is 2.98. The maximum atomic E-state index is 13.0. The Labute approximate surface area is 150 Å². The Balaban J connectivity index is 1.85. The van der Waals surface area contributed by atoms with Gasteiger partial charge in [-0.2, -0.15) is 0 Å². The number of carbonyl (C=O) groups excluding carboxylic acids is 1. The minimum Gasteiger partial charge on any atom is -0.484 e. The second kappa shape index (κ2) is 8.17. The van der Waals surface area contributed by atoms with Gasteiger partial charge in [0, 0.05) is 18.3 Å². The van der Waals surface area contributed by atoms with Gasteiger partial charge in [0.1, 0.15) is 11.6 Å². The molecule has 0 fully saturated rings. The van der Waals surface area contributed by atoms with E-state index in [0.717, 1.165) is 12.3 Å². The largest absolute Gasteiger partial charge is 0.484 e. The van der Waals surface area contributed by atoms with Crippen molar-refractivity contribution in [1.82, 2.24) is 5.32 Å². The van der Waals surface area contributed by atoms with E-state index < -0.39 is 15.8 Å². The van der Waals surface area contributed by atoms with Crippen LogP contribution in [0.2, 0.25) is 5.02 Å². The minimum absolute atomic E-state index is 0.0897. The topological polar surface area (TPSA) is 84.5 Å². The predicted octanol–water partition coefficient (Wildman–Crippen LogP) is 2.55. The summed E-state index contributed by atoms with van der Waals surface area (Å²) in [6.45, 7) is -0.0606. The fraction of sp³-hybridized carbons (Fsp3) is 0.188. The second-order valence-electron chi connectivity index (χ2n) is 5.22. The minimum atomic E-state index is -3.37. The molecule has 0 heterocycles. The van der Waals surface area contributed by atoms with E-state index in [1.165, 1.54) is 12.1 Å². The van der Waals surface area contributed by atoms with Crippen molar-refractivity contribution >= 4 is 33.2 Å². The summed E-state index contributed by atoms with van der Waals surface area (Å²) in [5, 5.41) is 2.55. The molecule has 0 saturated carbocycles. The van der Waals surface area contributed by atoms with E-state index in [2.05, 4.69) is 10.0 Å². The highest BCUT2D eigenvalue weighted by Crippen LogP contribution is 2.20. The number of ether oxygens (including phenoxy) is 1. The second-order valence-corrected chi connectivity index (χ2v) is 7.37. The third-order valence-corrected chi connectivity index (χ3v) is 3.88. The highest BCUT2D eigenvalue weighted by atomic mass is 35.5. The van der Waals surface area contributed by atoms with Crippen molar-refractivity contribution in [3.8, 4) is 5.75 Å². The van der Waals surface area contributed by atoms with E-state index in [-0.39, 0.29) is 29.8 Å². The molecule has 25 heavy (non-hydrogen) atoms. The quantitative estimate of drug-likeness (QED) is 0.765. The first-order valence-electron chi connectivity index (χ1n) is 7.14. The van der Waals surface area contributed by atoms with Gasteiger partial charge >= 0.3 is 0 Å². The fourth-order valence-corrected chi connectivity index (χ4v) is 2.65. The van der Waals surface area contributed by atoms with Gasteiger partial charge in [0.2, 0.25) is 10.0 Å². The highest BCUT2D eigenvalue weighted by molar-refractivity contribution is 7.92. The van der Waals surface area contributed by atoms with Crippen molar-refractivity contribution in [2.45, 2.75) is 6.54 Å². The maximum absolute atomic E-state index is 13.0. The summed E-state index contributed by atoms with van der Waals surface area (Å²) < 4.78 is 43.0. The van der Waals surface area contributed by atoms with Gasteiger partial charge in [-0.25, -0.2) is 12.8 Å². The van der Waals surface area contributed by atoms with Crippen LogP contribution in [0.25, 0.3) is 0 Å². The molecule has 0 unspecified atom stereocenters. The molecular formula is C16H16ClFN2O4S. The smallest absolute Gasteiger partial charge is 0.258 e. The van der Waals surface area contributed by atoms with E-state index in [9.17, 15) is 17.6 Å². The van der Waals surface area contributed by atoms with Crippen LogP contribution in [0.5, 0.6) is 5.75 Å². The number of halogens is 2. The number of carbonyl (C=O) groups is 1. The zero-order valence-corrected chi connectivity index (χ0v) is 14.8. The average molecular weight is 387 g/mol. The molecule has 0 spiro atoms. The van der Waals surface area contributed by atoms with Crippen LogP contribution in [0.1, 0.15) is 5.56 Å². The Morgan fingerprint density at radius 3 is 2.68 bits per heavy atom. The summed E-state index contributed by atoms with van der Waals surface area (Å²) >= 11 is 5.63. The molecule has 0 aliphatic rings. The van der Waals surface area contributed by atoms with E-state index in [1.807, 2.05) is 0 Å². The van der Waals surface area contributed by atoms with E-state index in [4.69, 9.17) is 16.3 Å². The van der Waals surface area contributed by atoms with Gasteiger partial charge in [-0.05, 0) is 29.8 Å². The first-order valence-corrected chi connectivity index (χ1v) is 9.41. The lowest BCUT2D eigenvalue weighted by atomic mass is 10.2. The molecule has 1 amide bonds. The van der Waals surface area contributed by atoms with Gasteiger partial charge in [0.05, 0.1) is 11.3 Å². The van der Waals surface area contributed by atoms with Crippen LogP contribution in [0.15, 0.2) is 42.5 Å². The molecule has 2 aromatic carbocycles. The van der Waals surface area contributed by atoms with Gasteiger partial charge in [-0.1, -0.05) is 23.7 Å². The van der Waals surface area contributed by atoms with Crippen molar-refractivity contribution in [2.24, 2.45) is 0 Å². The van der Waals surface area contributed by atoms with Crippen LogP contribution < -0.4 is 14.8 Å². The number of rotatable bonds is 7. The summed E-state index contributed by atoms with van der Waals surface area (Å²) in [5.74, 6) is -0.677. The normalized spacial score (nSPS) is 11.0. The van der Waals surface area contributed by atoms with Crippen LogP contribution in [0.4, 0.5) is 10.1 Å². The van der Waals surface area contributed by atoms with Crippen LogP contribution in [-0.2, 0) is 21.4 Å². The van der Waals surface area contributed by atoms with Crippen molar-refractivity contribution < 1.29 is 22.3 Å². The number of hydrogen-bond acceptors (Lipinski definition) is 4. The number of nitrogens with one attached hydrogen (secondary N) is 2. The molecule has 2 aromatic rings. The molecule has 0 aromatic heterocycles. The van der Waals surface area contributed by atoms with Gasteiger partial charge in [-0.3, -0.25) is 9.52 Å². The molecule has 6 nitrogen and oxygen atoms in total. The van der Waals surface area contributed by atoms with Crippen LogP contribution in [-0.4, -0.2) is 27.2 Å². The third kappa shape index (κ3) is 6.60. The van der Waals surface area contributed by atoms with Crippen LogP contribution in [0, 0.1) is 5.82 Å². The Morgan fingerprint density at radius 2 is 2.00 bits per heavy atom. The molecule has 2 rings (SSSR count). The average Bonchev–Trinajstić information content (AvgIpc) is 2.53. The predicted molar refractivity (Wildman–Crippen MR) is 93.7 cm³/mol. The van der Waals surface area contributed by atoms with E-state index in [1.54, 1.807) is 24.3 Å². The molecule has 0 atom stereocenters. The highest BCUT2D eigenvalue weighted by Gasteiger charge is 2.07. The molecular weight excluding hydrogens is 371 g/mol. The lowest BCUT2D eigenvalue weighted by molar-refractivity contribution is -0.123. The summed E-state index contributed by atoms with van der Waals surface area (Å²) in [6.07, 6.45) is 1.06. The molecule has 9 heteroatoms. The number of sulfonamides is 1. The number of benzene rings is 2. The molecule has 2 N–H and O–H groups in total. The summed E-state index contributed by atoms with van der Waals surface area (Å²) in [6, 6.07) is 10.4. The summed E-state index contributed by atoms with van der Waals surface area (Å²) in [5.41, 5.74) is 1.12. The summed E-state index contributed by atoms with van der Waals surface area (Å²) in [7, 11) is -3.37. The lowest BCUT2D eigenvalue weighted by Crippen LogP contribution is -2.28. The Kier molecular flexibility index (Phi) is 6.22. The Bertz CT molecular complexity index is 874. The van der Waals surface area contributed by atoms with Crippen LogP contribution >= 0.6 is 11.6 Å². The molecule has 0 radical (unpaired) electrons. The Hall–Kier alpha value is -2.32. The lowest BCUT2D eigenvalue weighted by Gasteiger charge is -2.09. The van der Waals surface area contributed by atoms with Crippen molar-refractivity contribution in [2.75, 3.05) is 17.6 Å². The molecule has 0 aliphatic carbocycles. The monoisotopic (exact) mass is 386 g/mol. The number of hydrogen-bond donors (Lipinski definition) is 2. The summed E-state index contributed by atoms with van der Waals surface area (Å²) in [4.78, 5) is 11.8. The number of anilines is 1. The zero-order chi connectivity index (χ0) is 18.4. The first kappa shape index (κ1) is 19.0. The molecule has 0 aliphatic heterocycles. The maximum Gasteiger partial charge on any atom is 0.258 e. The molecule has 0 bridgehead atoms. The zero-order valence-electron chi connectivity index (χ0n) is 13.3. The van der Waals surface area contributed by atoms with Gasteiger partial charge in [-0.15, -0.1) is 0 Å². The van der Waals surface area contributed by atoms with Crippen molar-refractivity contribution in [3.63, 3.8) is 0 Å². The van der Waals surface area contributed by atoms with Gasteiger partial charge in [0.15, 0.2) is 6.61 Å². The first-order chi connectivity index (χ1) is 11.7. The fourth-order valence-electron chi connectivity index (χ4n) is 1.93. The van der Waals surface area contributed by atoms with E-state index in [0.29, 0.717) is 11.3 Å². The van der Waals surface area contributed by atoms with Crippen LogP contribution in [0.3, 0.4) is 0 Å².